The number of amides is 2. The number of benzene rings is 2. The van der Waals surface area contributed by atoms with Gasteiger partial charge >= 0.3 is 0 Å². The lowest BCUT2D eigenvalue weighted by Crippen LogP contribution is -2.48. The highest BCUT2D eigenvalue weighted by Gasteiger charge is 2.18. The smallest absolute Gasteiger partial charge is 0.248 e. The molecule has 0 aliphatic rings. The zero-order valence-electron chi connectivity index (χ0n) is 17.9. The van der Waals surface area contributed by atoms with Crippen LogP contribution in [0.1, 0.15) is 17.5 Å². The normalized spacial score (nSPS) is 11.4. The fourth-order valence-corrected chi connectivity index (χ4v) is 2.67. The topological polar surface area (TPSA) is 108 Å². The average molecular weight is 426 g/mol. The Bertz CT molecular complexity index is 842. The number of nitrogens with zero attached hydrogens (tertiary/aromatic N) is 4. The molecule has 0 aromatic heterocycles. The SMILES string of the molecule is CON=C(c1ccccc1)N(C)NC(=O)CC(=O)NN(C)C(=NOC)c1ccccc1. The van der Waals surface area contributed by atoms with E-state index in [4.69, 9.17) is 9.68 Å². The molecule has 0 atom stereocenters. The van der Waals surface area contributed by atoms with Gasteiger partial charge in [-0.15, -0.1) is 0 Å². The minimum Gasteiger partial charge on any atom is -0.397 e. The van der Waals surface area contributed by atoms with Gasteiger partial charge in [0.05, 0.1) is 0 Å². The molecule has 0 radical (unpaired) electrons. The number of amidine groups is 2. The molecule has 0 fully saturated rings. The number of rotatable bonds is 6. The Kier molecular flexibility index (Phi) is 8.84. The molecule has 2 N–H and O–H groups in total. The van der Waals surface area contributed by atoms with E-state index in [1.54, 1.807) is 14.1 Å². The number of carbonyl (C=O) groups excluding carboxylic acids is 2. The lowest BCUT2D eigenvalue weighted by Gasteiger charge is -2.23. The molecular formula is C21H26N6O4. The first-order valence-corrected chi connectivity index (χ1v) is 9.35. The van der Waals surface area contributed by atoms with E-state index >= 15 is 0 Å². The van der Waals surface area contributed by atoms with Crippen molar-refractivity contribution in [2.24, 2.45) is 10.3 Å². The summed E-state index contributed by atoms with van der Waals surface area (Å²) in [5.74, 6) is -0.295. The summed E-state index contributed by atoms with van der Waals surface area (Å²) in [6, 6.07) is 18.4. The van der Waals surface area contributed by atoms with Crippen molar-refractivity contribution in [2.45, 2.75) is 6.42 Å². The molecule has 0 unspecified atom stereocenters. The van der Waals surface area contributed by atoms with Crippen molar-refractivity contribution < 1.29 is 19.3 Å². The molecule has 0 saturated heterocycles. The van der Waals surface area contributed by atoms with Crippen molar-refractivity contribution in [1.82, 2.24) is 20.9 Å². The third-order valence-corrected chi connectivity index (χ3v) is 3.96. The first-order chi connectivity index (χ1) is 15.0. The van der Waals surface area contributed by atoms with Gasteiger partial charge in [0.1, 0.15) is 20.6 Å². The molecule has 10 nitrogen and oxygen atoms in total. The minimum absolute atomic E-state index is 0.382. The van der Waals surface area contributed by atoms with Crippen LogP contribution >= 0.6 is 0 Å². The molecule has 164 valence electrons. The van der Waals surface area contributed by atoms with Crippen molar-refractivity contribution in [3.05, 3.63) is 71.8 Å². The van der Waals surface area contributed by atoms with Crippen molar-refractivity contribution in [3.8, 4) is 0 Å². The maximum Gasteiger partial charge on any atom is 0.248 e. The van der Waals surface area contributed by atoms with Gasteiger partial charge in [0, 0.05) is 25.2 Å². The zero-order chi connectivity index (χ0) is 22.6. The number of hydrazine groups is 2. The van der Waals surface area contributed by atoms with Gasteiger partial charge in [0.25, 0.3) is 0 Å². The minimum atomic E-state index is -0.530. The van der Waals surface area contributed by atoms with E-state index in [2.05, 4.69) is 21.2 Å². The molecule has 2 aromatic rings. The van der Waals surface area contributed by atoms with Crippen LogP contribution in [0.2, 0.25) is 0 Å². The number of nitrogens with one attached hydrogen (secondary N) is 2. The first kappa shape index (κ1) is 23.2. The molecule has 0 aliphatic heterocycles. The standard InChI is InChI=1S/C21H26N6O4/c1-26(20(24-30-3)16-11-7-5-8-12-16)22-18(28)15-19(29)23-27(2)21(25-31-4)17-13-9-6-10-14-17/h5-14H,15H2,1-4H3,(H,22,28)(H,23,29). The predicted molar refractivity (Wildman–Crippen MR) is 116 cm³/mol. The summed E-state index contributed by atoms with van der Waals surface area (Å²) in [6.45, 7) is 0. The largest absolute Gasteiger partial charge is 0.397 e. The van der Waals surface area contributed by atoms with E-state index in [1.165, 1.54) is 24.2 Å². The fraction of sp³-hybridized carbons (Fsp3) is 0.238. The highest BCUT2D eigenvalue weighted by Crippen LogP contribution is 2.05. The molecule has 2 aromatic carbocycles. The van der Waals surface area contributed by atoms with Crippen molar-refractivity contribution in [2.75, 3.05) is 28.3 Å². The predicted octanol–water partition coefficient (Wildman–Crippen LogP) is 1.32. The maximum atomic E-state index is 12.4. The van der Waals surface area contributed by atoms with Gasteiger partial charge in [-0.05, 0) is 0 Å². The van der Waals surface area contributed by atoms with Crippen LogP contribution in [0.25, 0.3) is 0 Å². The number of carbonyl (C=O) groups is 2. The number of hydrogen-bond acceptors (Lipinski definition) is 6. The molecular weight excluding hydrogens is 400 g/mol. The molecule has 10 heteroatoms. The van der Waals surface area contributed by atoms with E-state index in [1.807, 2.05) is 60.7 Å². The van der Waals surface area contributed by atoms with Crippen molar-refractivity contribution in [3.63, 3.8) is 0 Å². The molecule has 2 rings (SSSR count). The van der Waals surface area contributed by atoms with Gasteiger partial charge in [0.2, 0.25) is 11.8 Å². The summed E-state index contributed by atoms with van der Waals surface area (Å²) in [6.07, 6.45) is -0.418. The number of hydrogen-bond donors (Lipinski definition) is 2. The lowest BCUT2D eigenvalue weighted by atomic mass is 10.2. The Labute approximate surface area is 181 Å². The van der Waals surface area contributed by atoms with Gasteiger partial charge in [-0.25, -0.2) is 0 Å². The Balaban J connectivity index is 1.97. The van der Waals surface area contributed by atoms with Gasteiger partial charge in [-0.3, -0.25) is 30.5 Å². The van der Waals surface area contributed by atoms with Crippen LogP contribution in [0.3, 0.4) is 0 Å². The number of oxime groups is 2. The third-order valence-electron chi connectivity index (χ3n) is 3.96. The molecule has 2 amide bonds. The van der Waals surface area contributed by atoms with Crippen LogP contribution < -0.4 is 10.9 Å². The highest BCUT2D eigenvalue weighted by atomic mass is 16.6. The van der Waals surface area contributed by atoms with Crippen molar-refractivity contribution in [1.29, 1.82) is 0 Å². The van der Waals surface area contributed by atoms with Crippen LogP contribution in [0.5, 0.6) is 0 Å². The van der Waals surface area contributed by atoms with Crippen LogP contribution in [-0.2, 0) is 19.3 Å². The second-order valence-corrected chi connectivity index (χ2v) is 6.29. The molecule has 31 heavy (non-hydrogen) atoms. The van der Waals surface area contributed by atoms with Crippen LogP contribution in [0.15, 0.2) is 71.0 Å². The van der Waals surface area contributed by atoms with Crippen LogP contribution in [0.4, 0.5) is 0 Å². The fourth-order valence-electron chi connectivity index (χ4n) is 2.67. The molecule has 0 bridgehead atoms. The van der Waals surface area contributed by atoms with Gasteiger partial charge in [-0.1, -0.05) is 71.0 Å². The molecule has 0 aliphatic carbocycles. The maximum absolute atomic E-state index is 12.4. The van der Waals surface area contributed by atoms with E-state index in [9.17, 15) is 9.59 Å². The molecule has 0 spiro atoms. The van der Waals surface area contributed by atoms with E-state index in [0.29, 0.717) is 11.7 Å². The van der Waals surface area contributed by atoms with Gasteiger partial charge < -0.3 is 9.68 Å². The van der Waals surface area contributed by atoms with E-state index < -0.39 is 18.2 Å². The molecule has 0 saturated carbocycles. The summed E-state index contributed by atoms with van der Waals surface area (Å²) in [5, 5.41) is 10.7. The Morgan fingerprint density at radius 3 is 1.42 bits per heavy atom. The van der Waals surface area contributed by atoms with Crippen LogP contribution in [0, 0.1) is 0 Å². The first-order valence-electron chi connectivity index (χ1n) is 9.35. The van der Waals surface area contributed by atoms with Crippen molar-refractivity contribution >= 4 is 23.5 Å². The van der Waals surface area contributed by atoms with Gasteiger partial charge in [-0.2, -0.15) is 0 Å². The Morgan fingerprint density at radius 2 is 1.10 bits per heavy atom. The average Bonchev–Trinajstić information content (AvgIpc) is 2.76. The Morgan fingerprint density at radius 1 is 0.742 bits per heavy atom. The second-order valence-electron chi connectivity index (χ2n) is 6.29. The van der Waals surface area contributed by atoms with E-state index in [-0.39, 0.29) is 0 Å². The zero-order valence-corrected chi connectivity index (χ0v) is 17.9. The molecule has 0 heterocycles. The highest BCUT2D eigenvalue weighted by molar-refractivity contribution is 6.03. The quantitative estimate of drug-likeness (QED) is 0.312. The monoisotopic (exact) mass is 426 g/mol. The summed E-state index contributed by atoms with van der Waals surface area (Å²) in [5.41, 5.74) is 6.68. The third kappa shape index (κ3) is 7.03. The van der Waals surface area contributed by atoms with Gasteiger partial charge in [0.15, 0.2) is 11.7 Å². The second kappa shape index (κ2) is 11.8. The summed E-state index contributed by atoms with van der Waals surface area (Å²) in [4.78, 5) is 34.5. The lowest BCUT2D eigenvalue weighted by molar-refractivity contribution is -0.132. The Hall–Kier alpha value is -4.08. The van der Waals surface area contributed by atoms with E-state index in [0.717, 1.165) is 11.1 Å². The summed E-state index contributed by atoms with van der Waals surface area (Å²) in [7, 11) is 6.03. The van der Waals surface area contributed by atoms with Crippen LogP contribution in [-0.4, -0.2) is 61.8 Å². The summed E-state index contributed by atoms with van der Waals surface area (Å²) < 4.78 is 0. The summed E-state index contributed by atoms with van der Waals surface area (Å²) >= 11 is 0.